The van der Waals surface area contributed by atoms with Crippen molar-refractivity contribution in [2.45, 2.75) is 0 Å². The first kappa shape index (κ1) is 7.68. The van der Waals surface area contributed by atoms with E-state index in [0.717, 1.165) is 6.08 Å². The van der Waals surface area contributed by atoms with E-state index in [4.69, 9.17) is 5.11 Å². The van der Waals surface area contributed by atoms with Crippen molar-refractivity contribution in [3.63, 3.8) is 0 Å². The van der Waals surface area contributed by atoms with Crippen LogP contribution in [0.2, 0.25) is 0 Å². The molecule has 0 bridgehead atoms. The van der Waals surface area contributed by atoms with Crippen molar-refractivity contribution in [3.05, 3.63) is 22.3 Å². The Morgan fingerprint density at radius 1 is 1.50 bits per heavy atom. The molecule has 0 rings (SSSR count). The maximum atomic E-state index is 9.75. The molecular formula is C5H5IO2. The highest BCUT2D eigenvalue weighted by Crippen LogP contribution is 1.83. The molecule has 3 heteroatoms. The second-order valence-electron chi connectivity index (χ2n) is 1.02. The van der Waals surface area contributed by atoms with Gasteiger partial charge in [-0.15, -0.1) is 0 Å². The van der Waals surface area contributed by atoms with E-state index in [0.29, 0.717) is 0 Å². The first-order valence-corrected chi connectivity index (χ1v) is 3.18. The highest BCUT2D eigenvalue weighted by Gasteiger charge is 1.78. The molecule has 8 heavy (non-hydrogen) atoms. The van der Waals surface area contributed by atoms with Crippen LogP contribution in [0.15, 0.2) is 22.3 Å². The summed E-state index contributed by atoms with van der Waals surface area (Å²) in [4.78, 5) is 9.75. The van der Waals surface area contributed by atoms with Gasteiger partial charge in [-0.3, -0.25) is 0 Å². The van der Waals surface area contributed by atoms with Gasteiger partial charge in [-0.05, 0) is 4.08 Å². The minimum Gasteiger partial charge on any atom is -0.478 e. The van der Waals surface area contributed by atoms with Gasteiger partial charge in [-0.2, -0.15) is 0 Å². The number of hydrogen-bond donors (Lipinski definition) is 1. The van der Waals surface area contributed by atoms with E-state index in [1.807, 2.05) is 22.6 Å². The molecule has 0 aromatic carbocycles. The number of carbonyl (C=O) groups is 1. The van der Waals surface area contributed by atoms with Crippen LogP contribution in [0.1, 0.15) is 0 Å². The van der Waals surface area contributed by atoms with Gasteiger partial charge in [0, 0.05) is 6.08 Å². The molecule has 0 aliphatic rings. The normalized spacial score (nSPS) is 11.1. The third-order valence-corrected chi connectivity index (χ3v) is 0.838. The third-order valence-electron chi connectivity index (χ3n) is 0.423. The Hall–Kier alpha value is -0.320. The van der Waals surface area contributed by atoms with Gasteiger partial charge in [0.25, 0.3) is 0 Å². The molecule has 0 heterocycles. The Labute approximate surface area is 61.0 Å². The Morgan fingerprint density at radius 3 is 2.50 bits per heavy atom. The molecule has 0 spiro atoms. The van der Waals surface area contributed by atoms with Crippen LogP contribution in [0.3, 0.4) is 0 Å². The monoisotopic (exact) mass is 224 g/mol. The molecule has 1 N–H and O–H groups in total. The molecule has 0 aromatic heterocycles. The van der Waals surface area contributed by atoms with Gasteiger partial charge in [-0.25, -0.2) is 4.79 Å². The van der Waals surface area contributed by atoms with Crippen molar-refractivity contribution in [1.29, 1.82) is 0 Å². The van der Waals surface area contributed by atoms with E-state index in [9.17, 15) is 4.79 Å². The summed E-state index contributed by atoms with van der Waals surface area (Å²) in [5.41, 5.74) is 0. The Morgan fingerprint density at radius 2 is 2.12 bits per heavy atom. The number of halogens is 1. The van der Waals surface area contributed by atoms with Crippen LogP contribution in [0, 0.1) is 0 Å². The molecule has 0 saturated carbocycles. The van der Waals surface area contributed by atoms with Crippen molar-refractivity contribution >= 4 is 28.6 Å². The second kappa shape index (κ2) is 4.83. The van der Waals surface area contributed by atoms with Crippen LogP contribution in [-0.2, 0) is 4.79 Å². The zero-order chi connectivity index (χ0) is 6.41. The molecule has 0 fully saturated rings. The summed E-state index contributed by atoms with van der Waals surface area (Å²) in [6, 6.07) is 0. The fourth-order valence-corrected chi connectivity index (χ4v) is 0.420. The minimum absolute atomic E-state index is 0.917. The fourth-order valence-electron chi connectivity index (χ4n) is 0.180. The number of rotatable bonds is 2. The molecule has 0 amide bonds. The zero-order valence-electron chi connectivity index (χ0n) is 4.04. The molecule has 0 unspecified atom stereocenters. The van der Waals surface area contributed by atoms with E-state index in [1.165, 1.54) is 6.08 Å². The lowest BCUT2D eigenvalue weighted by Gasteiger charge is -1.71. The van der Waals surface area contributed by atoms with E-state index >= 15 is 0 Å². The zero-order valence-corrected chi connectivity index (χ0v) is 6.20. The molecular weight excluding hydrogens is 219 g/mol. The molecule has 0 aliphatic heterocycles. The smallest absolute Gasteiger partial charge is 0.328 e. The van der Waals surface area contributed by atoms with Crippen molar-refractivity contribution in [3.8, 4) is 0 Å². The predicted octanol–water partition coefficient (Wildman–Crippen LogP) is 1.58. The summed E-state index contributed by atoms with van der Waals surface area (Å²) in [7, 11) is 0. The summed E-state index contributed by atoms with van der Waals surface area (Å²) >= 11 is 2.01. The predicted molar refractivity (Wildman–Crippen MR) is 39.9 cm³/mol. The number of hydrogen-bond acceptors (Lipinski definition) is 1. The summed E-state index contributed by atoms with van der Waals surface area (Å²) in [6.07, 6.45) is 4.19. The lowest BCUT2D eigenvalue weighted by atomic mass is 10.5. The van der Waals surface area contributed by atoms with Crippen LogP contribution < -0.4 is 0 Å². The first-order chi connectivity index (χ1) is 3.77. The standard InChI is InChI=1S/C5H5IO2/c6-4-2-1-3-5(7)8/h1-4H,(H,7,8)/b3-1+,4-2+. The highest BCUT2D eigenvalue weighted by molar-refractivity contribution is 14.1. The van der Waals surface area contributed by atoms with Crippen molar-refractivity contribution in [2.75, 3.05) is 0 Å². The molecule has 0 saturated heterocycles. The summed E-state index contributed by atoms with van der Waals surface area (Å²) in [5, 5.41) is 8.02. The SMILES string of the molecule is O=C(O)/C=C/C=C/I. The Bertz CT molecular complexity index is 126. The van der Waals surface area contributed by atoms with Gasteiger partial charge < -0.3 is 5.11 Å². The highest BCUT2D eigenvalue weighted by atomic mass is 127. The van der Waals surface area contributed by atoms with Crippen LogP contribution in [-0.4, -0.2) is 11.1 Å². The van der Waals surface area contributed by atoms with Crippen LogP contribution in [0.25, 0.3) is 0 Å². The molecule has 2 nitrogen and oxygen atoms in total. The van der Waals surface area contributed by atoms with E-state index in [1.54, 1.807) is 10.2 Å². The average Bonchev–Trinajstić information content (AvgIpc) is 1.66. The quantitative estimate of drug-likeness (QED) is 0.439. The van der Waals surface area contributed by atoms with Crippen LogP contribution in [0.4, 0.5) is 0 Å². The third kappa shape index (κ3) is 5.68. The Kier molecular flexibility index (Phi) is 4.64. The number of aliphatic carboxylic acids is 1. The van der Waals surface area contributed by atoms with E-state index in [-0.39, 0.29) is 0 Å². The molecule has 0 atom stereocenters. The van der Waals surface area contributed by atoms with Crippen molar-refractivity contribution in [2.24, 2.45) is 0 Å². The summed E-state index contributed by atoms with van der Waals surface area (Å²) in [6.45, 7) is 0. The molecule has 44 valence electrons. The molecule has 0 radical (unpaired) electrons. The average molecular weight is 224 g/mol. The second-order valence-corrected chi connectivity index (χ2v) is 1.73. The topological polar surface area (TPSA) is 37.3 Å². The maximum Gasteiger partial charge on any atom is 0.328 e. The van der Waals surface area contributed by atoms with E-state index < -0.39 is 5.97 Å². The fraction of sp³-hybridized carbons (Fsp3) is 0. The van der Waals surface area contributed by atoms with Gasteiger partial charge in [0.1, 0.15) is 0 Å². The van der Waals surface area contributed by atoms with Crippen LogP contribution >= 0.6 is 22.6 Å². The largest absolute Gasteiger partial charge is 0.478 e. The van der Waals surface area contributed by atoms with Gasteiger partial charge in [0.15, 0.2) is 0 Å². The Balaban J connectivity index is 3.50. The summed E-state index contributed by atoms with van der Waals surface area (Å²) < 4.78 is 1.73. The van der Waals surface area contributed by atoms with Crippen LogP contribution in [0.5, 0.6) is 0 Å². The first-order valence-electron chi connectivity index (χ1n) is 1.93. The number of carboxylic acid groups (broad SMARTS) is 1. The van der Waals surface area contributed by atoms with E-state index in [2.05, 4.69) is 0 Å². The maximum absolute atomic E-state index is 9.75. The van der Waals surface area contributed by atoms with Gasteiger partial charge >= 0.3 is 5.97 Å². The van der Waals surface area contributed by atoms with Gasteiger partial charge in [0.2, 0.25) is 0 Å². The lowest BCUT2D eigenvalue weighted by molar-refractivity contribution is -0.131. The number of carboxylic acids is 1. The van der Waals surface area contributed by atoms with Crippen molar-refractivity contribution in [1.82, 2.24) is 0 Å². The lowest BCUT2D eigenvalue weighted by Crippen LogP contribution is -1.83. The molecule has 0 aromatic rings. The summed E-state index contributed by atoms with van der Waals surface area (Å²) in [5.74, 6) is -0.917. The number of allylic oxidation sites excluding steroid dienone is 2. The van der Waals surface area contributed by atoms with Gasteiger partial charge in [-0.1, -0.05) is 34.7 Å². The van der Waals surface area contributed by atoms with Crippen molar-refractivity contribution < 1.29 is 9.90 Å². The minimum atomic E-state index is -0.917. The van der Waals surface area contributed by atoms with Gasteiger partial charge in [0.05, 0.1) is 0 Å². The molecule has 0 aliphatic carbocycles.